The Kier molecular flexibility index (Phi) is 4.79. The number of nitrogens with zero attached hydrogens (tertiary/aromatic N) is 2. The zero-order chi connectivity index (χ0) is 22.6. The quantitative estimate of drug-likeness (QED) is 0.323. The molecule has 2 heteroatoms. The highest BCUT2D eigenvalue weighted by molar-refractivity contribution is 6.09. The third kappa shape index (κ3) is 3.11. The molecule has 0 saturated carbocycles. The summed E-state index contributed by atoms with van der Waals surface area (Å²) >= 11 is 0. The van der Waals surface area contributed by atoms with E-state index in [4.69, 9.17) is 0 Å². The normalized spacial score (nSPS) is 21.6. The van der Waals surface area contributed by atoms with Crippen molar-refractivity contribution in [1.82, 2.24) is 0 Å². The lowest BCUT2D eigenvalue weighted by Gasteiger charge is -2.37. The molecule has 3 aromatic rings. The van der Waals surface area contributed by atoms with E-state index in [0.29, 0.717) is 0 Å². The Bertz CT molecular complexity index is 1310. The second kappa shape index (κ2) is 7.73. The van der Waals surface area contributed by atoms with Crippen molar-refractivity contribution in [1.29, 1.82) is 0 Å². The fourth-order valence-corrected chi connectivity index (χ4v) is 6.64. The first kappa shape index (κ1) is 20.5. The minimum atomic E-state index is -0.0948. The van der Waals surface area contributed by atoms with Gasteiger partial charge in [-0.2, -0.15) is 4.58 Å². The molecule has 0 aliphatic carbocycles. The van der Waals surface area contributed by atoms with Gasteiger partial charge in [-0.3, -0.25) is 0 Å². The first-order valence-corrected chi connectivity index (χ1v) is 12.4. The number of fused-ring (bicyclic) bond motifs is 3. The van der Waals surface area contributed by atoms with Gasteiger partial charge in [0.15, 0.2) is 5.71 Å². The van der Waals surface area contributed by atoms with Crippen LogP contribution >= 0.6 is 0 Å². The molecule has 3 aliphatic heterocycles. The molecule has 166 valence electrons. The second-order valence-electron chi connectivity index (χ2n) is 10.2. The van der Waals surface area contributed by atoms with E-state index in [1.807, 2.05) is 0 Å². The molecule has 0 fully saturated rings. The van der Waals surface area contributed by atoms with Crippen molar-refractivity contribution in [2.45, 2.75) is 44.4 Å². The summed E-state index contributed by atoms with van der Waals surface area (Å²) in [6.07, 6.45) is 12.7. The van der Waals surface area contributed by atoms with Gasteiger partial charge in [-0.1, -0.05) is 30.3 Å². The lowest BCUT2D eigenvalue weighted by atomic mass is 9.74. The zero-order valence-corrected chi connectivity index (χ0v) is 19.9. The maximum atomic E-state index is 4.12. The largest absolute Gasteiger partial charge is 0.371 e. The summed E-state index contributed by atoms with van der Waals surface area (Å²) in [4.78, 5) is 2.62. The zero-order valence-electron chi connectivity index (χ0n) is 19.9. The summed E-state index contributed by atoms with van der Waals surface area (Å²) in [6.45, 7) is 8.96. The van der Waals surface area contributed by atoms with E-state index in [1.165, 1.54) is 72.1 Å². The van der Waals surface area contributed by atoms with Crippen LogP contribution in [0.3, 0.4) is 0 Å². The standard InChI is InChI=1S/C31H33N2/c1-4-17-31(2)28(32(3)27-15-14-23-9-5-6-12-26(23)29(27)31)16-13-22-20-24-10-7-18-33-19-8-11-25(21-22)30(24)33/h4-6,9,12-16,20-21H,1,7-8,10-11,17-19H2,2-3H3/q+1. The molecule has 1 unspecified atom stereocenters. The molecular formula is C31H33N2+. The summed E-state index contributed by atoms with van der Waals surface area (Å²) in [5, 5.41) is 2.66. The molecule has 0 aromatic heterocycles. The summed E-state index contributed by atoms with van der Waals surface area (Å²) in [7, 11) is 2.22. The monoisotopic (exact) mass is 433 g/mol. The van der Waals surface area contributed by atoms with Crippen molar-refractivity contribution in [3.8, 4) is 0 Å². The minimum absolute atomic E-state index is 0.0948. The van der Waals surface area contributed by atoms with Crippen LogP contribution in [0.25, 0.3) is 16.8 Å². The third-order valence-corrected chi connectivity index (χ3v) is 8.09. The van der Waals surface area contributed by atoms with Crippen molar-refractivity contribution in [2.75, 3.05) is 25.0 Å². The third-order valence-electron chi connectivity index (χ3n) is 8.09. The molecule has 0 spiro atoms. The molecule has 0 amide bonds. The van der Waals surface area contributed by atoms with E-state index in [1.54, 1.807) is 16.8 Å². The molecule has 1 atom stereocenters. The Balaban J connectivity index is 1.45. The molecule has 33 heavy (non-hydrogen) atoms. The molecule has 0 saturated heterocycles. The predicted octanol–water partition coefficient (Wildman–Crippen LogP) is 6.81. The Morgan fingerprint density at radius 3 is 2.45 bits per heavy atom. The van der Waals surface area contributed by atoms with E-state index >= 15 is 0 Å². The van der Waals surface area contributed by atoms with Crippen molar-refractivity contribution >= 4 is 33.9 Å². The summed E-state index contributed by atoms with van der Waals surface area (Å²) in [5.74, 6) is 0. The molecule has 0 N–H and O–H groups in total. The Morgan fingerprint density at radius 2 is 1.73 bits per heavy atom. The van der Waals surface area contributed by atoms with Gasteiger partial charge in [0.2, 0.25) is 5.69 Å². The fraction of sp³-hybridized carbons (Fsp3) is 0.323. The van der Waals surface area contributed by atoms with Gasteiger partial charge in [0.25, 0.3) is 0 Å². The average Bonchev–Trinajstić information content (AvgIpc) is 3.04. The number of hydrogen-bond acceptors (Lipinski definition) is 1. The summed E-state index contributed by atoms with van der Waals surface area (Å²) < 4.78 is 2.39. The summed E-state index contributed by atoms with van der Waals surface area (Å²) in [6, 6.07) is 18.2. The van der Waals surface area contributed by atoms with Crippen LogP contribution in [-0.4, -0.2) is 30.4 Å². The lowest BCUT2D eigenvalue weighted by Crippen LogP contribution is -2.34. The molecular weight excluding hydrogens is 400 g/mol. The molecule has 3 aromatic carbocycles. The molecule has 0 bridgehead atoms. The van der Waals surface area contributed by atoms with E-state index in [0.717, 1.165) is 6.42 Å². The van der Waals surface area contributed by atoms with Crippen LogP contribution in [0.4, 0.5) is 11.4 Å². The number of allylic oxidation sites excluding steroid dienone is 2. The molecule has 6 rings (SSSR count). The van der Waals surface area contributed by atoms with Gasteiger partial charge >= 0.3 is 0 Å². The summed E-state index contributed by atoms with van der Waals surface area (Å²) in [5.41, 5.74) is 9.98. The number of benzene rings is 3. The maximum Gasteiger partial charge on any atom is 0.210 e. The van der Waals surface area contributed by atoms with Gasteiger partial charge in [-0.05, 0) is 90.8 Å². The Morgan fingerprint density at radius 1 is 1.00 bits per heavy atom. The van der Waals surface area contributed by atoms with Gasteiger partial charge in [0.05, 0.1) is 5.41 Å². The second-order valence-corrected chi connectivity index (χ2v) is 10.2. The van der Waals surface area contributed by atoms with Crippen LogP contribution in [0.1, 0.15) is 48.4 Å². The van der Waals surface area contributed by atoms with E-state index < -0.39 is 0 Å². The highest BCUT2D eigenvalue weighted by Gasteiger charge is 2.46. The molecule has 3 aliphatic rings. The van der Waals surface area contributed by atoms with E-state index in [9.17, 15) is 0 Å². The van der Waals surface area contributed by atoms with Gasteiger partial charge in [-0.15, -0.1) is 6.58 Å². The minimum Gasteiger partial charge on any atom is -0.371 e. The van der Waals surface area contributed by atoms with Crippen molar-refractivity contribution in [2.24, 2.45) is 0 Å². The first-order valence-electron chi connectivity index (χ1n) is 12.4. The highest BCUT2D eigenvalue weighted by Crippen LogP contribution is 2.46. The van der Waals surface area contributed by atoms with Crippen LogP contribution in [0.2, 0.25) is 0 Å². The molecule has 2 nitrogen and oxygen atoms in total. The molecule has 0 radical (unpaired) electrons. The van der Waals surface area contributed by atoms with Gasteiger partial charge < -0.3 is 4.90 Å². The van der Waals surface area contributed by atoms with Crippen LogP contribution in [0.5, 0.6) is 0 Å². The maximum absolute atomic E-state index is 4.12. The van der Waals surface area contributed by atoms with Gasteiger partial charge in [-0.25, -0.2) is 0 Å². The lowest BCUT2D eigenvalue weighted by molar-refractivity contribution is -0.401. The van der Waals surface area contributed by atoms with Crippen molar-refractivity contribution in [3.05, 3.63) is 89.5 Å². The van der Waals surface area contributed by atoms with Crippen molar-refractivity contribution in [3.63, 3.8) is 0 Å². The molecule has 3 heterocycles. The number of anilines is 1. The topological polar surface area (TPSA) is 6.25 Å². The Labute approximate surface area is 197 Å². The van der Waals surface area contributed by atoms with Crippen molar-refractivity contribution < 1.29 is 4.58 Å². The van der Waals surface area contributed by atoms with Gasteiger partial charge in [0.1, 0.15) is 7.05 Å². The Hall–Kier alpha value is -3.13. The smallest absolute Gasteiger partial charge is 0.210 e. The van der Waals surface area contributed by atoms with E-state index in [2.05, 4.69) is 96.8 Å². The SMILES string of the molecule is C=CCC1(C)C(/C=C/c2cc3c4c(c2)CCCN4CCC3)=[N+](C)c2ccc3ccccc3c21. The highest BCUT2D eigenvalue weighted by atomic mass is 15.1. The van der Waals surface area contributed by atoms with Crippen LogP contribution in [0, 0.1) is 0 Å². The predicted molar refractivity (Wildman–Crippen MR) is 141 cm³/mol. The van der Waals surface area contributed by atoms with Crippen LogP contribution < -0.4 is 4.90 Å². The average molecular weight is 434 g/mol. The first-order chi connectivity index (χ1) is 16.1. The number of aryl methyl sites for hydroxylation is 2. The number of hydrogen-bond donors (Lipinski definition) is 0. The van der Waals surface area contributed by atoms with E-state index in [-0.39, 0.29) is 5.41 Å². The van der Waals surface area contributed by atoms with Gasteiger partial charge in [0, 0.05) is 36.5 Å². The van der Waals surface area contributed by atoms with Crippen LogP contribution in [-0.2, 0) is 18.3 Å². The fourth-order valence-electron chi connectivity index (χ4n) is 6.64. The van der Waals surface area contributed by atoms with Crippen LogP contribution in [0.15, 0.2) is 67.3 Å². The number of rotatable bonds is 4.